The fourth-order valence-corrected chi connectivity index (χ4v) is 2.33. The number of halogens is 1. The Morgan fingerprint density at radius 1 is 1.20 bits per heavy atom. The maximum absolute atomic E-state index is 13.1. The lowest BCUT2D eigenvalue weighted by atomic mass is 10.1. The SMILES string of the molecule is COC(=O)c1c(C)[nH]c(C(=O)OCC(=O)Nc2cccc(F)c2)c1C. The molecule has 0 spiro atoms. The quantitative estimate of drug-likeness (QED) is 0.809. The Labute approximate surface area is 143 Å². The molecule has 0 aliphatic carbocycles. The van der Waals surface area contributed by atoms with E-state index in [1.165, 1.54) is 25.3 Å². The number of anilines is 1. The number of ether oxygens (including phenoxy) is 2. The number of H-pyrrole nitrogens is 1. The number of aryl methyl sites for hydroxylation is 1. The molecule has 2 N–H and O–H groups in total. The van der Waals surface area contributed by atoms with E-state index in [1.807, 2.05) is 0 Å². The highest BCUT2D eigenvalue weighted by molar-refractivity contribution is 5.99. The van der Waals surface area contributed by atoms with Crippen LogP contribution in [0.1, 0.15) is 32.1 Å². The van der Waals surface area contributed by atoms with E-state index in [-0.39, 0.29) is 16.9 Å². The number of esters is 2. The van der Waals surface area contributed by atoms with Crippen molar-refractivity contribution in [1.29, 1.82) is 0 Å². The minimum absolute atomic E-state index is 0.0662. The number of benzene rings is 1. The minimum Gasteiger partial charge on any atom is -0.465 e. The van der Waals surface area contributed by atoms with Crippen molar-refractivity contribution < 1.29 is 28.2 Å². The van der Waals surface area contributed by atoms with Gasteiger partial charge in [0.25, 0.3) is 5.91 Å². The first-order valence-electron chi connectivity index (χ1n) is 7.33. The molecule has 2 aromatic rings. The number of aromatic amines is 1. The molecule has 2 rings (SSSR count). The monoisotopic (exact) mass is 348 g/mol. The van der Waals surface area contributed by atoms with Gasteiger partial charge >= 0.3 is 11.9 Å². The van der Waals surface area contributed by atoms with Crippen LogP contribution in [0, 0.1) is 19.7 Å². The Morgan fingerprint density at radius 3 is 2.56 bits per heavy atom. The number of hydrogen-bond acceptors (Lipinski definition) is 5. The van der Waals surface area contributed by atoms with Gasteiger partial charge in [-0.1, -0.05) is 6.07 Å². The van der Waals surface area contributed by atoms with Crippen LogP contribution in [0.15, 0.2) is 24.3 Å². The summed E-state index contributed by atoms with van der Waals surface area (Å²) in [7, 11) is 1.24. The Bertz CT molecular complexity index is 828. The lowest BCUT2D eigenvalue weighted by Gasteiger charge is -2.06. The molecular formula is C17H17FN2O5. The number of nitrogens with one attached hydrogen (secondary N) is 2. The van der Waals surface area contributed by atoms with Crippen LogP contribution in [0.2, 0.25) is 0 Å². The van der Waals surface area contributed by atoms with Gasteiger partial charge in [-0.25, -0.2) is 14.0 Å². The molecule has 0 saturated carbocycles. The molecule has 0 fully saturated rings. The first kappa shape index (κ1) is 18.2. The summed E-state index contributed by atoms with van der Waals surface area (Å²) in [5.74, 6) is -2.48. The van der Waals surface area contributed by atoms with Crippen molar-refractivity contribution in [2.45, 2.75) is 13.8 Å². The predicted octanol–water partition coefficient (Wildman–Crippen LogP) is 2.35. The molecule has 1 aromatic heterocycles. The van der Waals surface area contributed by atoms with Crippen LogP contribution in [0.3, 0.4) is 0 Å². The van der Waals surface area contributed by atoms with Crippen molar-refractivity contribution in [3.05, 3.63) is 52.6 Å². The fourth-order valence-electron chi connectivity index (χ4n) is 2.33. The molecule has 0 aliphatic heterocycles. The highest BCUT2D eigenvalue weighted by atomic mass is 19.1. The summed E-state index contributed by atoms with van der Waals surface area (Å²) in [6.07, 6.45) is 0. The van der Waals surface area contributed by atoms with Gasteiger partial charge in [-0.3, -0.25) is 4.79 Å². The van der Waals surface area contributed by atoms with Crippen molar-refractivity contribution in [2.75, 3.05) is 19.0 Å². The number of amides is 1. The summed E-state index contributed by atoms with van der Waals surface area (Å²) in [6, 6.07) is 5.33. The summed E-state index contributed by atoms with van der Waals surface area (Å²) in [6.45, 7) is 2.63. The zero-order valence-corrected chi connectivity index (χ0v) is 13.9. The van der Waals surface area contributed by atoms with Crippen LogP contribution >= 0.6 is 0 Å². The number of hydrogen-bond donors (Lipinski definition) is 2. The molecule has 0 radical (unpaired) electrons. The molecule has 1 amide bonds. The molecule has 0 bridgehead atoms. The van der Waals surface area contributed by atoms with Gasteiger partial charge in [-0.15, -0.1) is 0 Å². The number of methoxy groups -OCH3 is 1. The van der Waals surface area contributed by atoms with E-state index in [2.05, 4.69) is 15.0 Å². The molecular weight excluding hydrogens is 331 g/mol. The van der Waals surface area contributed by atoms with Crippen molar-refractivity contribution in [1.82, 2.24) is 4.98 Å². The number of carbonyl (C=O) groups is 3. The number of carbonyl (C=O) groups excluding carboxylic acids is 3. The molecule has 0 unspecified atom stereocenters. The molecule has 0 atom stereocenters. The molecule has 1 aromatic carbocycles. The Balaban J connectivity index is 2.01. The lowest BCUT2D eigenvalue weighted by molar-refractivity contribution is -0.119. The average Bonchev–Trinajstić information content (AvgIpc) is 2.86. The third kappa shape index (κ3) is 4.23. The van der Waals surface area contributed by atoms with Crippen LogP contribution in [0.4, 0.5) is 10.1 Å². The van der Waals surface area contributed by atoms with Gasteiger partial charge in [-0.05, 0) is 37.6 Å². The average molecular weight is 348 g/mol. The van der Waals surface area contributed by atoms with Crippen LogP contribution < -0.4 is 5.32 Å². The van der Waals surface area contributed by atoms with E-state index in [9.17, 15) is 18.8 Å². The zero-order chi connectivity index (χ0) is 18.6. The molecule has 0 saturated heterocycles. The minimum atomic E-state index is -0.787. The third-order valence-electron chi connectivity index (χ3n) is 3.47. The molecule has 8 heteroatoms. The Kier molecular flexibility index (Phi) is 5.53. The second-order valence-corrected chi connectivity index (χ2v) is 5.25. The van der Waals surface area contributed by atoms with Crippen LogP contribution in [-0.2, 0) is 14.3 Å². The van der Waals surface area contributed by atoms with E-state index >= 15 is 0 Å². The summed E-state index contributed by atoms with van der Waals surface area (Å²) < 4.78 is 22.6. The predicted molar refractivity (Wildman–Crippen MR) is 86.9 cm³/mol. The van der Waals surface area contributed by atoms with Crippen LogP contribution in [0.5, 0.6) is 0 Å². The molecule has 7 nitrogen and oxygen atoms in total. The van der Waals surface area contributed by atoms with Crippen molar-refractivity contribution in [3.63, 3.8) is 0 Å². The van der Waals surface area contributed by atoms with E-state index in [0.717, 1.165) is 6.07 Å². The van der Waals surface area contributed by atoms with Crippen molar-refractivity contribution in [2.24, 2.45) is 0 Å². The Morgan fingerprint density at radius 2 is 1.92 bits per heavy atom. The second-order valence-electron chi connectivity index (χ2n) is 5.25. The zero-order valence-electron chi connectivity index (χ0n) is 13.9. The lowest BCUT2D eigenvalue weighted by Crippen LogP contribution is -2.21. The first-order chi connectivity index (χ1) is 11.8. The van der Waals surface area contributed by atoms with Gasteiger partial charge < -0.3 is 19.8 Å². The van der Waals surface area contributed by atoms with Gasteiger partial charge in [0.05, 0.1) is 12.7 Å². The molecule has 1 heterocycles. The summed E-state index contributed by atoms with van der Waals surface area (Å²) >= 11 is 0. The largest absolute Gasteiger partial charge is 0.465 e. The standard InChI is InChI=1S/C17H17FN2O5/c1-9-14(16(22)24-3)10(2)19-15(9)17(23)25-8-13(21)20-12-6-4-5-11(18)7-12/h4-7,19H,8H2,1-3H3,(H,20,21). The van der Waals surface area contributed by atoms with E-state index in [0.29, 0.717) is 11.3 Å². The van der Waals surface area contributed by atoms with Gasteiger partial charge in [0.2, 0.25) is 0 Å². The molecule has 25 heavy (non-hydrogen) atoms. The fraction of sp³-hybridized carbons (Fsp3) is 0.235. The van der Waals surface area contributed by atoms with E-state index < -0.39 is 30.3 Å². The van der Waals surface area contributed by atoms with Crippen LogP contribution in [0.25, 0.3) is 0 Å². The van der Waals surface area contributed by atoms with Gasteiger partial charge in [0, 0.05) is 11.4 Å². The Hall–Kier alpha value is -3.16. The van der Waals surface area contributed by atoms with Gasteiger partial charge in [0.1, 0.15) is 11.5 Å². The maximum Gasteiger partial charge on any atom is 0.355 e. The van der Waals surface area contributed by atoms with Crippen molar-refractivity contribution >= 4 is 23.5 Å². The smallest absolute Gasteiger partial charge is 0.355 e. The summed E-state index contributed by atoms with van der Waals surface area (Å²) in [4.78, 5) is 38.3. The van der Waals surface area contributed by atoms with E-state index in [1.54, 1.807) is 13.8 Å². The third-order valence-corrected chi connectivity index (χ3v) is 3.47. The van der Waals surface area contributed by atoms with E-state index in [4.69, 9.17) is 4.74 Å². The van der Waals surface area contributed by atoms with Crippen LogP contribution in [-0.4, -0.2) is 36.5 Å². The topological polar surface area (TPSA) is 97.5 Å². The second kappa shape index (κ2) is 7.61. The summed E-state index contributed by atoms with van der Waals surface area (Å²) in [5.41, 5.74) is 1.40. The molecule has 0 aliphatic rings. The maximum atomic E-state index is 13.1. The number of rotatable bonds is 5. The first-order valence-corrected chi connectivity index (χ1v) is 7.33. The van der Waals surface area contributed by atoms with Gasteiger partial charge in [0.15, 0.2) is 6.61 Å². The van der Waals surface area contributed by atoms with Gasteiger partial charge in [-0.2, -0.15) is 0 Å². The van der Waals surface area contributed by atoms with Crippen molar-refractivity contribution in [3.8, 4) is 0 Å². The highest BCUT2D eigenvalue weighted by Crippen LogP contribution is 2.19. The normalized spacial score (nSPS) is 10.2. The number of aromatic nitrogens is 1. The molecule has 132 valence electrons. The highest BCUT2D eigenvalue weighted by Gasteiger charge is 2.23. The summed E-state index contributed by atoms with van der Waals surface area (Å²) in [5, 5.41) is 2.41.